The summed E-state index contributed by atoms with van der Waals surface area (Å²) in [4.78, 5) is 27.4. The summed E-state index contributed by atoms with van der Waals surface area (Å²) in [6, 6.07) is 1.69. The largest absolute Gasteiger partial charge is 0.462 e. The van der Waals surface area contributed by atoms with Crippen LogP contribution in [0.2, 0.25) is 0 Å². The van der Waals surface area contributed by atoms with Crippen molar-refractivity contribution in [3.8, 4) is 0 Å². The number of carbonyl (C=O) groups is 2. The molecular formula is C14H13F3N4O3. The van der Waals surface area contributed by atoms with Crippen molar-refractivity contribution in [2.45, 2.75) is 13.1 Å². The molecule has 0 radical (unpaired) electrons. The normalized spacial score (nSPS) is 11.2. The van der Waals surface area contributed by atoms with E-state index in [0.717, 1.165) is 12.1 Å². The number of halogens is 3. The fraction of sp³-hybridized carbons (Fsp3) is 0.286. The molecular weight excluding hydrogens is 329 g/mol. The van der Waals surface area contributed by atoms with Gasteiger partial charge in [0.1, 0.15) is 17.1 Å². The van der Waals surface area contributed by atoms with E-state index >= 15 is 0 Å². The molecule has 0 aliphatic carbocycles. The lowest BCUT2D eigenvalue weighted by molar-refractivity contribution is -0.137. The van der Waals surface area contributed by atoms with Gasteiger partial charge in [-0.25, -0.2) is 4.79 Å². The first-order valence-electron chi connectivity index (χ1n) is 6.77. The Bertz CT molecular complexity index is 754. The second-order valence-electron chi connectivity index (χ2n) is 4.63. The number of aromatic nitrogens is 3. The van der Waals surface area contributed by atoms with Gasteiger partial charge >= 0.3 is 12.1 Å². The lowest BCUT2D eigenvalue weighted by Gasteiger charge is -2.09. The van der Waals surface area contributed by atoms with Gasteiger partial charge in [-0.15, -0.1) is 0 Å². The van der Waals surface area contributed by atoms with E-state index in [-0.39, 0.29) is 23.7 Å². The van der Waals surface area contributed by atoms with Gasteiger partial charge in [0.15, 0.2) is 0 Å². The smallest absolute Gasteiger partial charge is 0.417 e. The Labute approximate surface area is 134 Å². The molecule has 2 aromatic rings. The topological polar surface area (TPSA) is 86.1 Å². The van der Waals surface area contributed by atoms with Crippen LogP contribution in [0.25, 0.3) is 0 Å². The molecule has 2 heterocycles. The Morgan fingerprint density at radius 3 is 2.54 bits per heavy atom. The van der Waals surface area contributed by atoms with Crippen LogP contribution in [0.5, 0.6) is 0 Å². The van der Waals surface area contributed by atoms with Crippen molar-refractivity contribution in [3.05, 3.63) is 41.3 Å². The molecule has 0 spiro atoms. The lowest BCUT2D eigenvalue weighted by atomic mass is 10.2. The first kappa shape index (κ1) is 17.4. The van der Waals surface area contributed by atoms with Crippen LogP contribution in [0.4, 0.5) is 19.0 Å². The first-order chi connectivity index (χ1) is 11.2. The summed E-state index contributed by atoms with van der Waals surface area (Å²) in [5.74, 6) is -1.40. The molecule has 128 valence electrons. The Kier molecular flexibility index (Phi) is 4.86. The Balaban J connectivity index is 2.21. The molecule has 7 nitrogen and oxygen atoms in total. The molecule has 1 N–H and O–H groups in total. The van der Waals surface area contributed by atoms with E-state index in [1.807, 2.05) is 0 Å². The summed E-state index contributed by atoms with van der Waals surface area (Å²) in [5, 5.41) is 6.23. The van der Waals surface area contributed by atoms with Crippen LogP contribution in [-0.2, 0) is 18.0 Å². The number of alkyl halides is 3. The van der Waals surface area contributed by atoms with Gasteiger partial charge in [-0.1, -0.05) is 0 Å². The number of ether oxygens (including phenoxy) is 1. The van der Waals surface area contributed by atoms with Gasteiger partial charge in [0.2, 0.25) is 0 Å². The zero-order valence-electron chi connectivity index (χ0n) is 12.7. The summed E-state index contributed by atoms with van der Waals surface area (Å²) in [6.07, 6.45) is -2.76. The summed E-state index contributed by atoms with van der Waals surface area (Å²) < 4.78 is 43.5. The van der Waals surface area contributed by atoms with Crippen LogP contribution in [0.15, 0.2) is 24.5 Å². The van der Waals surface area contributed by atoms with Crippen molar-refractivity contribution in [2.24, 2.45) is 7.05 Å². The predicted octanol–water partition coefficient (Wildman–Crippen LogP) is 2.26. The number of amides is 1. The third-order valence-electron chi connectivity index (χ3n) is 2.99. The molecule has 0 fully saturated rings. The van der Waals surface area contributed by atoms with Crippen molar-refractivity contribution >= 4 is 17.7 Å². The van der Waals surface area contributed by atoms with E-state index in [1.165, 1.54) is 17.9 Å². The predicted molar refractivity (Wildman–Crippen MR) is 76.4 cm³/mol. The van der Waals surface area contributed by atoms with Crippen molar-refractivity contribution in [2.75, 3.05) is 11.9 Å². The molecule has 1 amide bonds. The summed E-state index contributed by atoms with van der Waals surface area (Å²) in [5.41, 5.74) is -1.18. The number of carbonyl (C=O) groups excluding carboxylic acids is 2. The lowest BCUT2D eigenvalue weighted by Crippen LogP contribution is -2.19. The summed E-state index contributed by atoms with van der Waals surface area (Å²) >= 11 is 0. The van der Waals surface area contributed by atoms with Crippen LogP contribution in [-0.4, -0.2) is 33.2 Å². The Morgan fingerprint density at radius 1 is 1.29 bits per heavy atom. The molecule has 0 aromatic carbocycles. The number of anilines is 1. The average Bonchev–Trinajstić information content (AvgIpc) is 2.88. The third kappa shape index (κ3) is 3.70. The van der Waals surface area contributed by atoms with E-state index in [0.29, 0.717) is 6.20 Å². The van der Waals surface area contributed by atoms with E-state index in [1.54, 1.807) is 6.92 Å². The van der Waals surface area contributed by atoms with Crippen LogP contribution >= 0.6 is 0 Å². The fourth-order valence-electron chi connectivity index (χ4n) is 1.81. The SMILES string of the molecule is CCOC(=O)c1cnn(C)c1NC(=O)c1ccc(C(F)(F)F)cn1. The highest BCUT2D eigenvalue weighted by atomic mass is 19.4. The summed E-state index contributed by atoms with van der Waals surface area (Å²) in [6.45, 7) is 1.76. The minimum absolute atomic E-state index is 0.0274. The van der Waals surface area contributed by atoms with Crippen LogP contribution in [0, 0.1) is 0 Å². The number of nitrogens with one attached hydrogen (secondary N) is 1. The molecule has 0 bridgehead atoms. The molecule has 2 rings (SSSR count). The number of rotatable bonds is 4. The van der Waals surface area contributed by atoms with Gasteiger partial charge in [0.05, 0.1) is 18.4 Å². The van der Waals surface area contributed by atoms with E-state index in [9.17, 15) is 22.8 Å². The molecule has 0 saturated heterocycles. The first-order valence-corrected chi connectivity index (χ1v) is 6.77. The maximum Gasteiger partial charge on any atom is 0.417 e. The highest BCUT2D eigenvalue weighted by Crippen LogP contribution is 2.28. The van der Waals surface area contributed by atoms with Gasteiger partial charge in [0.25, 0.3) is 5.91 Å². The van der Waals surface area contributed by atoms with Crippen molar-refractivity contribution in [1.29, 1.82) is 0 Å². The number of hydrogen-bond donors (Lipinski definition) is 1. The van der Waals surface area contributed by atoms with Gasteiger partial charge in [-0.3, -0.25) is 14.5 Å². The molecule has 0 saturated carbocycles. The highest BCUT2D eigenvalue weighted by molar-refractivity contribution is 6.06. The maximum atomic E-state index is 12.5. The Hall–Kier alpha value is -2.91. The second kappa shape index (κ2) is 6.69. The zero-order chi connectivity index (χ0) is 17.9. The van der Waals surface area contributed by atoms with Crippen LogP contribution in [0.3, 0.4) is 0 Å². The van der Waals surface area contributed by atoms with Gasteiger partial charge < -0.3 is 10.1 Å². The minimum atomic E-state index is -4.54. The second-order valence-corrected chi connectivity index (χ2v) is 4.63. The third-order valence-corrected chi connectivity index (χ3v) is 2.99. The molecule has 0 aliphatic rings. The van der Waals surface area contributed by atoms with Gasteiger partial charge in [0, 0.05) is 13.2 Å². The Morgan fingerprint density at radius 2 is 2.00 bits per heavy atom. The number of hydrogen-bond acceptors (Lipinski definition) is 5. The maximum absolute atomic E-state index is 12.5. The number of aryl methyl sites for hydroxylation is 1. The molecule has 0 aliphatic heterocycles. The standard InChI is InChI=1S/C14H13F3N4O3/c1-3-24-13(23)9-7-19-21(2)11(9)20-12(22)10-5-4-8(6-18-10)14(15,16)17/h4-7H,3H2,1-2H3,(H,20,22). The van der Waals surface area contributed by atoms with E-state index in [2.05, 4.69) is 15.4 Å². The minimum Gasteiger partial charge on any atom is -0.462 e. The zero-order valence-corrected chi connectivity index (χ0v) is 12.7. The van der Waals surface area contributed by atoms with Crippen molar-refractivity contribution in [3.63, 3.8) is 0 Å². The van der Waals surface area contributed by atoms with E-state index in [4.69, 9.17) is 4.74 Å². The van der Waals surface area contributed by atoms with Crippen LogP contribution in [0.1, 0.15) is 33.3 Å². The molecule has 24 heavy (non-hydrogen) atoms. The molecule has 0 unspecified atom stereocenters. The number of nitrogens with zero attached hydrogens (tertiary/aromatic N) is 3. The average molecular weight is 342 g/mol. The monoisotopic (exact) mass is 342 g/mol. The van der Waals surface area contributed by atoms with Gasteiger partial charge in [-0.05, 0) is 19.1 Å². The molecule has 0 atom stereocenters. The van der Waals surface area contributed by atoms with Gasteiger partial charge in [-0.2, -0.15) is 18.3 Å². The fourth-order valence-corrected chi connectivity index (χ4v) is 1.81. The number of pyridine rings is 1. The quantitative estimate of drug-likeness (QED) is 0.862. The van der Waals surface area contributed by atoms with Crippen LogP contribution < -0.4 is 5.32 Å². The van der Waals surface area contributed by atoms with Crippen molar-refractivity contribution < 1.29 is 27.5 Å². The molecule has 10 heteroatoms. The summed E-state index contributed by atoms with van der Waals surface area (Å²) in [7, 11) is 1.48. The highest BCUT2D eigenvalue weighted by Gasteiger charge is 2.31. The number of esters is 1. The molecule has 2 aromatic heterocycles. The van der Waals surface area contributed by atoms with E-state index < -0.39 is 23.6 Å². The van der Waals surface area contributed by atoms with Crippen molar-refractivity contribution in [1.82, 2.24) is 14.8 Å².